The van der Waals surface area contributed by atoms with Gasteiger partial charge in [0.05, 0.1) is 23.8 Å². The molecule has 1 aromatic carbocycles. The molecule has 1 saturated heterocycles. The highest BCUT2D eigenvalue weighted by Gasteiger charge is 2.20. The summed E-state index contributed by atoms with van der Waals surface area (Å²) >= 11 is 5.98. The van der Waals surface area contributed by atoms with Gasteiger partial charge in [-0.15, -0.1) is 0 Å². The van der Waals surface area contributed by atoms with E-state index in [0.717, 1.165) is 6.42 Å². The molecule has 0 aliphatic carbocycles. The third-order valence-electron chi connectivity index (χ3n) is 2.43. The lowest BCUT2D eigenvalue weighted by Crippen LogP contribution is -2.20. The van der Waals surface area contributed by atoms with Crippen LogP contribution in [0.3, 0.4) is 0 Å². The van der Waals surface area contributed by atoms with Crippen LogP contribution in [0.2, 0.25) is 5.02 Å². The molecule has 0 radical (unpaired) electrons. The number of amidine groups is 1. The molecule has 1 aromatic rings. The zero-order valence-corrected chi connectivity index (χ0v) is 9.46. The molecule has 1 heterocycles. The van der Waals surface area contributed by atoms with E-state index in [4.69, 9.17) is 32.2 Å². The van der Waals surface area contributed by atoms with Crippen molar-refractivity contribution in [1.29, 1.82) is 5.41 Å². The highest BCUT2D eigenvalue weighted by Crippen LogP contribution is 2.27. The summed E-state index contributed by atoms with van der Waals surface area (Å²) in [6.07, 6.45) is 0.876. The van der Waals surface area contributed by atoms with Gasteiger partial charge in [0.2, 0.25) is 0 Å². The van der Waals surface area contributed by atoms with E-state index in [2.05, 4.69) is 0 Å². The Hall–Kier alpha value is -1.26. The van der Waals surface area contributed by atoms with Crippen molar-refractivity contribution in [3.63, 3.8) is 0 Å². The fourth-order valence-corrected chi connectivity index (χ4v) is 1.92. The number of hydrogen-bond donors (Lipinski definition) is 2. The second kappa shape index (κ2) is 4.72. The average Bonchev–Trinajstić information content (AvgIpc) is 2.70. The molecule has 5 heteroatoms. The van der Waals surface area contributed by atoms with Crippen LogP contribution in [0.5, 0.6) is 5.75 Å². The minimum atomic E-state index is -0.0838. The minimum Gasteiger partial charge on any atom is -0.487 e. The lowest BCUT2D eigenvalue weighted by molar-refractivity contribution is 0.141. The van der Waals surface area contributed by atoms with E-state index >= 15 is 0 Å². The number of halogens is 1. The van der Waals surface area contributed by atoms with E-state index in [1.165, 1.54) is 0 Å². The molecule has 4 nitrogen and oxygen atoms in total. The maximum absolute atomic E-state index is 7.47. The molecule has 1 atom stereocenters. The fraction of sp³-hybridized carbons (Fsp3) is 0.364. The van der Waals surface area contributed by atoms with Gasteiger partial charge in [0, 0.05) is 6.42 Å². The highest BCUT2D eigenvalue weighted by molar-refractivity contribution is 6.34. The number of ether oxygens (including phenoxy) is 2. The molecule has 0 saturated carbocycles. The molecule has 1 unspecified atom stereocenters. The molecule has 16 heavy (non-hydrogen) atoms. The molecule has 0 aromatic heterocycles. The molecular weight excluding hydrogens is 228 g/mol. The highest BCUT2D eigenvalue weighted by atomic mass is 35.5. The van der Waals surface area contributed by atoms with Crippen molar-refractivity contribution < 1.29 is 9.47 Å². The SMILES string of the molecule is N=C(N)c1c(Cl)cccc1OC1CCOC1. The lowest BCUT2D eigenvalue weighted by atomic mass is 10.2. The predicted molar refractivity (Wildman–Crippen MR) is 62.3 cm³/mol. The van der Waals surface area contributed by atoms with Gasteiger partial charge in [-0.25, -0.2) is 0 Å². The zero-order valence-electron chi connectivity index (χ0n) is 8.70. The zero-order chi connectivity index (χ0) is 11.5. The first-order valence-corrected chi connectivity index (χ1v) is 5.43. The molecule has 3 N–H and O–H groups in total. The molecule has 1 aliphatic heterocycles. The Morgan fingerprint density at radius 3 is 3.00 bits per heavy atom. The number of rotatable bonds is 3. The average molecular weight is 241 g/mol. The Balaban J connectivity index is 2.25. The number of hydrogen-bond acceptors (Lipinski definition) is 3. The van der Waals surface area contributed by atoms with Crippen LogP contribution in [0.4, 0.5) is 0 Å². The summed E-state index contributed by atoms with van der Waals surface area (Å²) in [5, 5.41) is 7.91. The maximum atomic E-state index is 7.47. The summed E-state index contributed by atoms with van der Waals surface area (Å²) in [5.41, 5.74) is 5.93. The van der Waals surface area contributed by atoms with Crippen LogP contribution in [0.25, 0.3) is 0 Å². The van der Waals surface area contributed by atoms with E-state index in [1.807, 2.05) is 0 Å². The van der Waals surface area contributed by atoms with Crippen LogP contribution in [0, 0.1) is 5.41 Å². The molecule has 1 aliphatic rings. The normalized spacial score (nSPS) is 19.7. The van der Waals surface area contributed by atoms with Crippen molar-refractivity contribution in [2.75, 3.05) is 13.2 Å². The Bertz CT molecular complexity index is 403. The number of nitrogens with one attached hydrogen (secondary N) is 1. The van der Waals surface area contributed by atoms with Gasteiger partial charge in [0.1, 0.15) is 17.7 Å². The van der Waals surface area contributed by atoms with Crippen molar-refractivity contribution in [2.45, 2.75) is 12.5 Å². The van der Waals surface area contributed by atoms with Crippen LogP contribution in [-0.2, 0) is 4.74 Å². The minimum absolute atomic E-state index is 0.0246. The smallest absolute Gasteiger partial charge is 0.132 e. The van der Waals surface area contributed by atoms with E-state index in [0.29, 0.717) is 29.5 Å². The summed E-state index contributed by atoms with van der Waals surface area (Å²) in [4.78, 5) is 0. The van der Waals surface area contributed by atoms with Crippen molar-refractivity contribution >= 4 is 17.4 Å². The van der Waals surface area contributed by atoms with Gasteiger partial charge >= 0.3 is 0 Å². The standard InChI is InChI=1S/C11H13ClN2O2/c12-8-2-1-3-9(10(8)11(13)14)16-7-4-5-15-6-7/h1-3,7H,4-6H2,(H3,13,14). The van der Waals surface area contributed by atoms with Crippen molar-refractivity contribution in [1.82, 2.24) is 0 Å². The second-order valence-electron chi connectivity index (χ2n) is 3.63. The first kappa shape index (κ1) is 11.2. The van der Waals surface area contributed by atoms with Gasteiger partial charge in [-0.2, -0.15) is 0 Å². The first-order chi connectivity index (χ1) is 7.68. The number of nitrogen functional groups attached to an aromatic ring is 1. The Labute approximate surface area is 98.8 Å². The van der Waals surface area contributed by atoms with Gasteiger partial charge in [0.15, 0.2) is 0 Å². The van der Waals surface area contributed by atoms with E-state index in [9.17, 15) is 0 Å². The Morgan fingerprint density at radius 1 is 1.56 bits per heavy atom. The summed E-state index contributed by atoms with van der Waals surface area (Å²) in [5.74, 6) is 0.468. The molecule has 2 rings (SSSR count). The molecule has 1 fully saturated rings. The summed E-state index contributed by atoms with van der Waals surface area (Å²) in [7, 11) is 0. The second-order valence-corrected chi connectivity index (χ2v) is 4.04. The monoisotopic (exact) mass is 240 g/mol. The predicted octanol–water partition coefficient (Wildman–Crippen LogP) is 1.79. The number of nitrogens with two attached hydrogens (primary N) is 1. The van der Waals surface area contributed by atoms with Crippen LogP contribution < -0.4 is 10.5 Å². The van der Waals surface area contributed by atoms with Crippen LogP contribution in [0.15, 0.2) is 18.2 Å². The third kappa shape index (κ3) is 2.28. The van der Waals surface area contributed by atoms with Gasteiger partial charge in [-0.1, -0.05) is 17.7 Å². The van der Waals surface area contributed by atoms with Crippen LogP contribution >= 0.6 is 11.6 Å². The van der Waals surface area contributed by atoms with E-state index in [1.54, 1.807) is 18.2 Å². The first-order valence-electron chi connectivity index (χ1n) is 5.06. The maximum Gasteiger partial charge on any atom is 0.132 e. The van der Waals surface area contributed by atoms with E-state index < -0.39 is 0 Å². The number of benzene rings is 1. The van der Waals surface area contributed by atoms with Crippen LogP contribution in [0.1, 0.15) is 12.0 Å². The lowest BCUT2D eigenvalue weighted by Gasteiger charge is -2.15. The molecule has 86 valence electrons. The summed E-state index contributed by atoms with van der Waals surface area (Å²) < 4.78 is 10.9. The quantitative estimate of drug-likeness (QED) is 0.625. The molecule has 0 bridgehead atoms. The van der Waals surface area contributed by atoms with Crippen molar-refractivity contribution in [2.24, 2.45) is 5.73 Å². The molecule has 0 amide bonds. The van der Waals surface area contributed by atoms with Gasteiger partial charge in [-0.05, 0) is 12.1 Å². The third-order valence-corrected chi connectivity index (χ3v) is 2.74. The van der Waals surface area contributed by atoms with Crippen molar-refractivity contribution in [3.8, 4) is 5.75 Å². The van der Waals surface area contributed by atoms with Gasteiger partial charge in [0.25, 0.3) is 0 Å². The summed E-state index contributed by atoms with van der Waals surface area (Å²) in [6, 6.07) is 5.23. The fourth-order valence-electron chi connectivity index (χ4n) is 1.65. The molecule has 0 spiro atoms. The van der Waals surface area contributed by atoms with Gasteiger partial charge in [-0.3, -0.25) is 5.41 Å². The Kier molecular flexibility index (Phi) is 3.31. The summed E-state index contributed by atoms with van der Waals surface area (Å²) in [6.45, 7) is 1.28. The van der Waals surface area contributed by atoms with Gasteiger partial charge < -0.3 is 15.2 Å². The molecular formula is C11H13ClN2O2. The van der Waals surface area contributed by atoms with Crippen molar-refractivity contribution in [3.05, 3.63) is 28.8 Å². The Morgan fingerprint density at radius 2 is 2.38 bits per heavy atom. The topological polar surface area (TPSA) is 68.3 Å². The van der Waals surface area contributed by atoms with Crippen LogP contribution in [-0.4, -0.2) is 25.2 Å². The largest absolute Gasteiger partial charge is 0.487 e. The van der Waals surface area contributed by atoms with E-state index in [-0.39, 0.29) is 11.9 Å².